The normalized spacial score (nSPS) is 12.6. The number of carboxylic acids is 1. The van der Waals surface area contributed by atoms with Gasteiger partial charge in [0.25, 0.3) is 0 Å². The lowest BCUT2D eigenvalue weighted by Crippen LogP contribution is -2.14. The molecule has 4 heteroatoms. The number of pyridine rings is 1. The lowest BCUT2D eigenvalue weighted by Gasteiger charge is -2.09. The summed E-state index contributed by atoms with van der Waals surface area (Å²) in [5.41, 5.74) is 7.41. The van der Waals surface area contributed by atoms with Gasteiger partial charge >= 0.3 is 5.97 Å². The first-order valence-corrected chi connectivity index (χ1v) is 4.99. The van der Waals surface area contributed by atoms with Crippen LogP contribution in [0.2, 0.25) is 0 Å². The van der Waals surface area contributed by atoms with Crippen molar-refractivity contribution in [2.45, 2.75) is 12.5 Å². The van der Waals surface area contributed by atoms with E-state index in [1.165, 1.54) is 0 Å². The highest BCUT2D eigenvalue weighted by Gasteiger charge is 2.10. The summed E-state index contributed by atoms with van der Waals surface area (Å²) in [4.78, 5) is 14.8. The fourth-order valence-corrected chi connectivity index (χ4v) is 1.62. The highest BCUT2D eigenvalue weighted by atomic mass is 16.4. The second kappa shape index (κ2) is 4.28. The van der Waals surface area contributed by atoms with E-state index < -0.39 is 12.0 Å². The smallest absolute Gasteiger partial charge is 0.305 e. The van der Waals surface area contributed by atoms with Gasteiger partial charge in [0.1, 0.15) is 0 Å². The molecule has 2 aromatic rings. The largest absolute Gasteiger partial charge is 0.481 e. The number of carboxylic acid groups (broad SMARTS) is 1. The Morgan fingerprint density at radius 3 is 3.00 bits per heavy atom. The number of aliphatic carboxylic acids is 1. The van der Waals surface area contributed by atoms with E-state index in [-0.39, 0.29) is 6.42 Å². The van der Waals surface area contributed by atoms with Crippen molar-refractivity contribution in [3.8, 4) is 0 Å². The van der Waals surface area contributed by atoms with Crippen LogP contribution in [-0.2, 0) is 4.79 Å². The summed E-state index contributed by atoms with van der Waals surface area (Å²) in [6, 6.07) is 8.91. The molecule has 0 saturated heterocycles. The lowest BCUT2D eigenvalue weighted by molar-refractivity contribution is -0.137. The van der Waals surface area contributed by atoms with Crippen LogP contribution < -0.4 is 5.73 Å². The highest BCUT2D eigenvalue weighted by Crippen LogP contribution is 2.19. The molecule has 0 amide bonds. The molecule has 0 aliphatic carbocycles. The average molecular weight is 216 g/mol. The SMILES string of the molecule is NC(CC(=O)O)c1ccc2cccnc2c1. The van der Waals surface area contributed by atoms with Gasteiger partial charge in [-0.3, -0.25) is 9.78 Å². The Balaban J connectivity index is 2.35. The van der Waals surface area contributed by atoms with Crippen molar-refractivity contribution in [2.24, 2.45) is 5.73 Å². The number of hydrogen-bond donors (Lipinski definition) is 2. The minimum atomic E-state index is -0.895. The Labute approximate surface area is 92.7 Å². The van der Waals surface area contributed by atoms with Crippen LogP contribution in [0.3, 0.4) is 0 Å². The summed E-state index contributed by atoms with van der Waals surface area (Å²) >= 11 is 0. The van der Waals surface area contributed by atoms with E-state index in [9.17, 15) is 4.79 Å². The molecule has 0 bridgehead atoms. The first-order chi connectivity index (χ1) is 7.66. The maximum atomic E-state index is 10.6. The molecular weight excluding hydrogens is 204 g/mol. The molecule has 82 valence electrons. The molecule has 0 aliphatic rings. The second-order valence-electron chi connectivity index (χ2n) is 3.66. The maximum Gasteiger partial charge on any atom is 0.305 e. The molecule has 1 atom stereocenters. The molecule has 1 aromatic heterocycles. The quantitative estimate of drug-likeness (QED) is 0.818. The van der Waals surface area contributed by atoms with Gasteiger partial charge in [-0.05, 0) is 17.7 Å². The van der Waals surface area contributed by atoms with E-state index in [4.69, 9.17) is 10.8 Å². The van der Waals surface area contributed by atoms with Gasteiger partial charge in [0.05, 0.1) is 11.9 Å². The van der Waals surface area contributed by atoms with Crippen LogP contribution in [0.5, 0.6) is 0 Å². The van der Waals surface area contributed by atoms with E-state index in [2.05, 4.69) is 4.98 Å². The molecule has 1 unspecified atom stereocenters. The van der Waals surface area contributed by atoms with Crippen LogP contribution in [0, 0.1) is 0 Å². The van der Waals surface area contributed by atoms with Crippen molar-refractivity contribution in [3.05, 3.63) is 42.1 Å². The van der Waals surface area contributed by atoms with Gasteiger partial charge in [-0.25, -0.2) is 0 Å². The molecule has 0 radical (unpaired) electrons. The fourth-order valence-electron chi connectivity index (χ4n) is 1.62. The van der Waals surface area contributed by atoms with Crippen LogP contribution in [0.25, 0.3) is 10.9 Å². The van der Waals surface area contributed by atoms with Crippen molar-refractivity contribution in [2.75, 3.05) is 0 Å². The van der Waals surface area contributed by atoms with Crippen molar-refractivity contribution >= 4 is 16.9 Å². The van der Waals surface area contributed by atoms with E-state index >= 15 is 0 Å². The van der Waals surface area contributed by atoms with Crippen molar-refractivity contribution in [3.63, 3.8) is 0 Å². The summed E-state index contributed by atoms with van der Waals surface area (Å²) in [5.74, 6) is -0.895. The number of hydrogen-bond acceptors (Lipinski definition) is 3. The predicted octanol–water partition coefficient (Wildman–Crippen LogP) is 1.71. The summed E-state index contributed by atoms with van der Waals surface area (Å²) in [7, 11) is 0. The first-order valence-electron chi connectivity index (χ1n) is 4.99. The van der Waals surface area contributed by atoms with E-state index in [0.29, 0.717) is 0 Å². The predicted molar refractivity (Wildman–Crippen MR) is 60.9 cm³/mol. The number of aromatic nitrogens is 1. The van der Waals surface area contributed by atoms with Gasteiger partial charge in [0, 0.05) is 17.6 Å². The Hall–Kier alpha value is -1.94. The zero-order valence-corrected chi connectivity index (χ0v) is 8.63. The molecule has 16 heavy (non-hydrogen) atoms. The number of rotatable bonds is 3. The van der Waals surface area contributed by atoms with Gasteiger partial charge in [0.2, 0.25) is 0 Å². The second-order valence-corrected chi connectivity index (χ2v) is 3.66. The van der Waals surface area contributed by atoms with Crippen LogP contribution in [-0.4, -0.2) is 16.1 Å². The van der Waals surface area contributed by atoms with Crippen LogP contribution in [0.15, 0.2) is 36.5 Å². The monoisotopic (exact) mass is 216 g/mol. The Bertz CT molecular complexity index is 525. The van der Waals surface area contributed by atoms with Crippen LogP contribution >= 0.6 is 0 Å². The summed E-state index contributed by atoms with van der Waals surface area (Å²) in [6.07, 6.45) is 1.63. The molecule has 0 saturated carbocycles. The molecule has 0 fully saturated rings. The third-order valence-electron chi connectivity index (χ3n) is 2.45. The van der Waals surface area contributed by atoms with E-state index in [1.54, 1.807) is 6.20 Å². The molecule has 4 nitrogen and oxygen atoms in total. The van der Waals surface area contributed by atoms with Crippen molar-refractivity contribution in [1.29, 1.82) is 0 Å². The maximum absolute atomic E-state index is 10.6. The van der Waals surface area contributed by atoms with Crippen molar-refractivity contribution < 1.29 is 9.90 Å². The zero-order chi connectivity index (χ0) is 11.5. The minimum absolute atomic E-state index is 0.0711. The third kappa shape index (κ3) is 2.17. The topological polar surface area (TPSA) is 76.2 Å². The van der Waals surface area contributed by atoms with Gasteiger partial charge in [-0.1, -0.05) is 18.2 Å². The van der Waals surface area contributed by atoms with Gasteiger partial charge in [-0.2, -0.15) is 0 Å². The summed E-state index contributed by atoms with van der Waals surface area (Å²) < 4.78 is 0. The Kier molecular flexibility index (Phi) is 2.83. The summed E-state index contributed by atoms with van der Waals surface area (Å²) in [5, 5.41) is 9.68. The van der Waals surface area contributed by atoms with Gasteiger partial charge in [-0.15, -0.1) is 0 Å². The van der Waals surface area contributed by atoms with E-state index in [1.807, 2.05) is 30.3 Å². The number of fused-ring (bicyclic) bond motifs is 1. The molecule has 3 N–H and O–H groups in total. The Morgan fingerprint density at radius 2 is 2.25 bits per heavy atom. The highest BCUT2D eigenvalue weighted by molar-refractivity contribution is 5.79. The molecule has 0 spiro atoms. The van der Waals surface area contributed by atoms with Crippen molar-refractivity contribution in [1.82, 2.24) is 4.98 Å². The van der Waals surface area contributed by atoms with Gasteiger partial charge in [0.15, 0.2) is 0 Å². The van der Waals surface area contributed by atoms with Gasteiger partial charge < -0.3 is 10.8 Å². The number of nitrogens with zero attached hydrogens (tertiary/aromatic N) is 1. The molecule has 1 heterocycles. The van der Waals surface area contributed by atoms with E-state index in [0.717, 1.165) is 16.5 Å². The molecule has 2 rings (SSSR count). The Morgan fingerprint density at radius 1 is 1.44 bits per heavy atom. The number of nitrogens with two attached hydrogens (primary N) is 1. The summed E-state index contributed by atoms with van der Waals surface area (Å²) in [6.45, 7) is 0. The number of carbonyl (C=O) groups is 1. The minimum Gasteiger partial charge on any atom is -0.481 e. The lowest BCUT2D eigenvalue weighted by atomic mass is 10.0. The fraction of sp³-hybridized carbons (Fsp3) is 0.167. The standard InChI is InChI=1S/C12H12N2O2/c13-10(7-12(15)16)9-4-3-8-2-1-5-14-11(8)6-9/h1-6,10H,7,13H2,(H,15,16). The molecular formula is C12H12N2O2. The first kappa shape index (κ1) is 10.6. The third-order valence-corrected chi connectivity index (χ3v) is 2.45. The number of benzene rings is 1. The zero-order valence-electron chi connectivity index (χ0n) is 8.63. The van der Waals surface area contributed by atoms with Crippen LogP contribution in [0.1, 0.15) is 18.0 Å². The molecule has 1 aromatic carbocycles. The average Bonchev–Trinajstić information content (AvgIpc) is 2.27. The molecule has 0 aliphatic heterocycles. The van der Waals surface area contributed by atoms with Crippen LogP contribution in [0.4, 0.5) is 0 Å².